The molecule has 36 heteroatoms. The summed E-state index contributed by atoms with van der Waals surface area (Å²) in [4.78, 5) is 11.6. The number of phenolic OH excluding ortho intramolecular Hbond substituents is 24. The van der Waals surface area contributed by atoms with Crippen LogP contribution in [-0.2, 0) is 11.3 Å². The highest BCUT2D eigenvalue weighted by atomic mass is 16.6. The molecule has 0 aliphatic heterocycles. The Morgan fingerprint density at radius 2 is 0.649 bits per heavy atom. The minimum atomic E-state index is -0.781. The Hall–Kier alpha value is -16.4. The molecule has 134 heavy (non-hydrogen) atoms. The Labute approximate surface area is 767 Å². The summed E-state index contributed by atoms with van der Waals surface area (Å²) in [5.74, 6) is -1.81. The Kier molecular flexibility index (Phi) is 34.1. The van der Waals surface area contributed by atoms with Gasteiger partial charge in [0.15, 0.2) is 145 Å². The number of ether oxygens (including phenoxy) is 8. The van der Waals surface area contributed by atoms with Crippen LogP contribution in [0.15, 0.2) is 218 Å². The van der Waals surface area contributed by atoms with Gasteiger partial charge in [0, 0.05) is 79.8 Å². The summed E-state index contributed by atoms with van der Waals surface area (Å²) in [6.45, 7) is 8.47. The second-order valence-corrected chi connectivity index (χ2v) is 31.9. The van der Waals surface area contributed by atoms with Gasteiger partial charge in [-0.3, -0.25) is 4.79 Å². The topological polar surface area (TPSA) is 621 Å². The molecule has 6 unspecified atom stereocenters. The van der Waals surface area contributed by atoms with Crippen molar-refractivity contribution in [1.82, 2.24) is 5.32 Å². The van der Waals surface area contributed by atoms with E-state index < -0.39 is 12.0 Å². The molecule has 7 atom stereocenters. The molecule has 27 N–H and O–H groups in total. The zero-order valence-corrected chi connectivity index (χ0v) is 72.5. The molecule has 12 aromatic carbocycles. The summed E-state index contributed by atoms with van der Waals surface area (Å²) >= 11 is 0. The largest absolute Gasteiger partial charge is 0.504 e. The van der Waals surface area contributed by atoms with E-state index >= 15 is 0 Å². The van der Waals surface area contributed by atoms with Crippen LogP contribution in [-0.4, -0.2) is 198 Å². The Balaban J connectivity index is 0.000000167. The number of nitrogens with one attached hydrogen (secondary N) is 2. The van der Waals surface area contributed by atoms with E-state index in [1.165, 1.54) is 152 Å². The smallest absolute Gasteiger partial charge is 0.262 e. The molecule has 0 saturated heterocycles. The normalized spacial score (nSPS) is 16.5. The maximum atomic E-state index is 11.6. The highest BCUT2D eigenvalue weighted by molar-refractivity contribution is 5.92. The molecular formula is C98H106N2O34. The monoisotopic (exact) mass is 1850 g/mol. The van der Waals surface area contributed by atoms with E-state index in [1.54, 1.807) is 54.6 Å². The standard InChI is InChI=1S/C22H26O4.C17H18O6.C16H19NO6.C15H16O6.C14H13NO6.C14H14O6/c1-21(2)14-8-9-22(21,3)20(13-5-7-16(24)18(26)11-13)19(14)12-4-6-15(23)17(25)10-12;18-12-6-4-10(8-14(12)20)22-16-2-1-3-17(16)23-11-5-7-13(19)15(21)9-11;18-11(9-23-12-2-4-14(20)16(22)6-12)8-17-7-10-1-3-13(19)15(21)5-10;16-12-4-2-10(8-14(12)18)20-6-1-7-21-11-3-5-13(17)15(19)9-11;16-10-3-1-8(5-12(10)18)15-14(20)7-21-9-2-4-11(17)13(19)6-9;15-11-3-1-9(7-13(11)17)19-5-6-20-10-2-4-12(16)14(18)8-10/h4-7,10-11,14,19-20,23-26H,8-9H2,1-3H3;4-9,16-21H,1-3H2;1-6,11,17-22H,7-9H2;2-5,8-9,16-19H,1,6-7H2;1-6,16-19H,7H2,(H,15,20);1-4,7-8,15-18H,5-6H2/t;16-,17?;;;;/m.1..../s1. The van der Waals surface area contributed by atoms with Gasteiger partial charge in [0.05, 0.1) is 13.2 Å². The van der Waals surface area contributed by atoms with Gasteiger partial charge in [-0.1, -0.05) is 39.0 Å². The van der Waals surface area contributed by atoms with E-state index in [4.69, 9.17) is 68.5 Å². The number of aliphatic hydroxyl groups is 1. The van der Waals surface area contributed by atoms with E-state index in [9.17, 15) is 102 Å². The van der Waals surface area contributed by atoms with Crippen molar-refractivity contribution in [3.8, 4) is 184 Å². The third-order valence-corrected chi connectivity index (χ3v) is 22.4. The van der Waals surface area contributed by atoms with Crippen molar-refractivity contribution >= 4 is 11.6 Å². The maximum Gasteiger partial charge on any atom is 0.262 e. The van der Waals surface area contributed by atoms with Crippen LogP contribution in [0.25, 0.3) is 0 Å². The second-order valence-electron chi connectivity index (χ2n) is 31.9. The molecule has 3 saturated carbocycles. The van der Waals surface area contributed by atoms with Gasteiger partial charge in [-0.15, -0.1) is 0 Å². The summed E-state index contributed by atoms with van der Waals surface area (Å²) in [6.07, 6.45) is 4.18. The van der Waals surface area contributed by atoms with Crippen LogP contribution < -0.4 is 48.5 Å². The lowest BCUT2D eigenvalue weighted by atomic mass is 9.63. The average Bonchev–Trinajstić information content (AvgIpc) is 1.52. The van der Waals surface area contributed by atoms with Crippen molar-refractivity contribution in [2.75, 3.05) is 51.5 Å². The first-order chi connectivity index (χ1) is 63.7. The molecule has 3 aliphatic carbocycles. The number of carbonyl (C=O) groups is 1. The van der Waals surface area contributed by atoms with Gasteiger partial charge in [-0.2, -0.15) is 0 Å². The molecule has 0 aromatic heterocycles. The third-order valence-electron chi connectivity index (χ3n) is 22.4. The zero-order valence-electron chi connectivity index (χ0n) is 72.5. The fourth-order valence-electron chi connectivity index (χ4n) is 15.1. The third kappa shape index (κ3) is 27.4. The van der Waals surface area contributed by atoms with E-state index in [-0.39, 0.29) is 212 Å². The Bertz CT molecular complexity index is 5790. The van der Waals surface area contributed by atoms with Gasteiger partial charge in [0.25, 0.3) is 5.91 Å². The molecule has 12 aromatic rings. The maximum absolute atomic E-state index is 11.6. The zero-order chi connectivity index (χ0) is 97.3. The number of aliphatic hydroxyl groups excluding tert-OH is 1. The van der Waals surface area contributed by atoms with E-state index in [1.807, 2.05) is 12.1 Å². The van der Waals surface area contributed by atoms with Crippen LogP contribution >= 0.6 is 0 Å². The lowest BCUT2D eigenvalue weighted by molar-refractivity contribution is -0.118. The summed E-state index contributed by atoms with van der Waals surface area (Å²) in [7, 11) is 0. The lowest BCUT2D eigenvalue weighted by Gasteiger charge is -2.41. The molecule has 0 radical (unpaired) electrons. The van der Waals surface area contributed by atoms with Gasteiger partial charge in [-0.25, -0.2) is 0 Å². The molecule has 712 valence electrons. The lowest BCUT2D eigenvalue weighted by Crippen LogP contribution is -2.31. The van der Waals surface area contributed by atoms with Crippen LogP contribution in [0.4, 0.5) is 5.69 Å². The first kappa shape index (κ1) is 99.8. The number of rotatable bonds is 28. The fraction of sp³-hybridized carbons (Fsp3) is 0.255. The number of carbonyl (C=O) groups excluding carboxylic acids is 1. The number of benzene rings is 12. The molecule has 0 heterocycles. The van der Waals surface area contributed by atoms with Gasteiger partial charge in [0.1, 0.15) is 84.1 Å². The molecule has 3 fully saturated rings. The SMILES string of the molecule is CC1(C)C2CCC1(C)C(c1ccc(O)c(O)c1)C2c1ccc(O)c(O)c1.O=C(COc1ccc(O)c(O)c1)Nc1ccc(O)c(O)c1.Oc1ccc(CNCC(O)COc2ccc(O)c(O)c2)cc1O.Oc1ccc(OC2CCC[C@H]2Oc2ccc(O)c(O)c2)cc1O.Oc1ccc(OCCCOc2ccc(O)c(O)c2)cc1O.Oc1ccc(OCCOc2ccc(O)c(O)c2)cc1O. The average molecular weight is 1860 g/mol. The molecule has 2 bridgehead atoms. The minimum Gasteiger partial charge on any atom is -0.504 e. The number of aromatic hydroxyl groups is 24. The number of anilines is 1. The number of amides is 1. The van der Waals surface area contributed by atoms with Crippen LogP contribution in [0.5, 0.6) is 184 Å². The van der Waals surface area contributed by atoms with Crippen LogP contribution in [0.2, 0.25) is 0 Å². The van der Waals surface area contributed by atoms with Crippen LogP contribution in [0.1, 0.15) is 87.8 Å². The van der Waals surface area contributed by atoms with Gasteiger partial charge < -0.3 is 176 Å². The summed E-state index contributed by atoms with van der Waals surface area (Å²) in [5.41, 5.74) is 3.22. The van der Waals surface area contributed by atoms with Crippen LogP contribution in [0, 0.1) is 16.7 Å². The predicted molar refractivity (Wildman–Crippen MR) is 484 cm³/mol. The molecule has 1 amide bonds. The van der Waals surface area contributed by atoms with Crippen molar-refractivity contribution in [1.29, 1.82) is 0 Å². The summed E-state index contributed by atoms with van der Waals surface area (Å²) in [6, 6.07) is 51.8. The first-order valence-electron chi connectivity index (χ1n) is 41.7. The van der Waals surface area contributed by atoms with E-state index in [0.717, 1.165) is 48.8 Å². The molecular weight excluding hydrogens is 1750 g/mol. The molecule has 3 aliphatic rings. The molecule has 15 rings (SSSR count). The highest BCUT2D eigenvalue weighted by Crippen LogP contribution is 2.76. The van der Waals surface area contributed by atoms with Crippen molar-refractivity contribution in [2.45, 2.75) is 96.0 Å². The van der Waals surface area contributed by atoms with Crippen molar-refractivity contribution in [2.24, 2.45) is 16.7 Å². The summed E-state index contributed by atoms with van der Waals surface area (Å²) in [5, 5.41) is 240. The Morgan fingerprint density at radius 1 is 0.336 bits per heavy atom. The van der Waals surface area contributed by atoms with E-state index in [2.05, 4.69) is 31.4 Å². The van der Waals surface area contributed by atoms with Crippen molar-refractivity contribution < 1.29 is 170 Å². The van der Waals surface area contributed by atoms with Gasteiger partial charge in [-0.05, 0) is 223 Å². The van der Waals surface area contributed by atoms with Gasteiger partial charge in [0.2, 0.25) is 0 Å². The number of hydrogen-bond donors (Lipinski definition) is 27. The Morgan fingerprint density at radius 3 is 1.03 bits per heavy atom. The van der Waals surface area contributed by atoms with Gasteiger partial charge >= 0.3 is 0 Å². The second kappa shape index (κ2) is 45.7. The summed E-state index contributed by atoms with van der Waals surface area (Å²) < 4.78 is 43.5. The van der Waals surface area contributed by atoms with Crippen molar-refractivity contribution in [3.63, 3.8) is 0 Å². The highest BCUT2D eigenvalue weighted by Gasteiger charge is 2.66. The molecule has 36 nitrogen and oxygen atoms in total. The quantitative estimate of drug-likeness (QED) is 0.0123. The van der Waals surface area contributed by atoms with E-state index in [0.29, 0.717) is 78.0 Å². The predicted octanol–water partition coefficient (Wildman–Crippen LogP) is 14.6. The fourth-order valence-corrected chi connectivity index (χ4v) is 15.1. The van der Waals surface area contributed by atoms with Crippen LogP contribution in [0.3, 0.4) is 0 Å². The number of phenols is 24. The number of fused-ring (bicyclic) bond motifs is 2. The minimum absolute atomic E-state index is 0.0119. The van der Waals surface area contributed by atoms with Crippen molar-refractivity contribution in [3.05, 3.63) is 235 Å². The molecule has 0 spiro atoms. The first-order valence-corrected chi connectivity index (χ1v) is 41.7. The number of hydrogen-bond acceptors (Lipinski definition) is 35.